The van der Waals surface area contributed by atoms with Crippen molar-refractivity contribution in [3.63, 3.8) is 0 Å². The summed E-state index contributed by atoms with van der Waals surface area (Å²) in [5.41, 5.74) is 10.4. The molecule has 2 rings (SSSR count). The molecule has 8 nitrogen and oxygen atoms in total. The van der Waals surface area contributed by atoms with Gasteiger partial charge in [-0.15, -0.1) is 4.79 Å². The van der Waals surface area contributed by atoms with Gasteiger partial charge < -0.3 is 15.0 Å². The second kappa shape index (κ2) is 12.7. The van der Waals surface area contributed by atoms with Gasteiger partial charge in [0.15, 0.2) is 0 Å². The highest BCUT2D eigenvalue weighted by Crippen LogP contribution is 2.36. The molecule has 0 heterocycles. The van der Waals surface area contributed by atoms with Crippen molar-refractivity contribution in [1.82, 2.24) is 0 Å². The van der Waals surface area contributed by atoms with Crippen molar-refractivity contribution < 1.29 is 31.1 Å². The minimum absolute atomic E-state index is 0.00402. The molecule has 0 fully saturated rings. The quantitative estimate of drug-likeness (QED) is 0.105. The third-order valence-electron chi connectivity index (χ3n) is 6.25. The van der Waals surface area contributed by atoms with Crippen LogP contribution in [0.4, 0.5) is 0 Å². The van der Waals surface area contributed by atoms with Crippen LogP contribution in [0.1, 0.15) is 92.2 Å². The first-order chi connectivity index (χ1) is 18.0. The van der Waals surface area contributed by atoms with Crippen LogP contribution in [0.25, 0.3) is 5.53 Å². The van der Waals surface area contributed by atoms with Gasteiger partial charge in [0.05, 0.1) is 13.2 Å². The van der Waals surface area contributed by atoms with Crippen molar-refractivity contribution >= 4 is 24.1 Å². The molecule has 0 bridgehead atoms. The Bertz CT molecular complexity index is 1320. The number of unbranched alkanes of at least 4 members (excludes halogenated alkanes) is 2. The van der Waals surface area contributed by atoms with Crippen LogP contribution in [-0.4, -0.2) is 39.2 Å². The van der Waals surface area contributed by atoms with Crippen molar-refractivity contribution in [2.75, 3.05) is 13.2 Å². The van der Waals surface area contributed by atoms with Crippen molar-refractivity contribution in [1.29, 1.82) is 0 Å². The van der Waals surface area contributed by atoms with E-state index in [4.69, 9.17) is 9.47 Å². The van der Waals surface area contributed by atoms with E-state index in [0.29, 0.717) is 24.0 Å². The van der Waals surface area contributed by atoms with Gasteiger partial charge in [0.2, 0.25) is 0 Å². The lowest BCUT2D eigenvalue weighted by Crippen LogP contribution is -2.28. The standard InChI is InChI=1S/C29H42N2O6S2/c1-9-11-17-36-23-15-13-21(28(3,4)5)19-25(23)38(32,33)27(31-30)39(34,35)26-20-22(29(6,7)8)14-16-24(26)37-18-12-10-2/h13-16,19-20H,9-12,17-18H2,1-8H3. The maximum Gasteiger partial charge on any atom is 0.504 e. The fourth-order valence-electron chi connectivity index (χ4n) is 3.70. The summed E-state index contributed by atoms with van der Waals surface area (Å²) < 4.78 is 66.1. The Hall–Kier alpha value is -2.68. The first-order valence-corrected chi connectivity index (χ1v) is 16.2. The van der Waals surface area contributed by atoms with E-state index in [9.17, 15) is 22.4 Å². The van der Waals surface area contributed by atoms with Crippen molar-refractivity contribution in [2.24, 2.45) is 0 Å². The fourth-order valence-corrected chi connectivity index (χ4v) is 7.33. The molecule has 0 saturated carbocycles. The number of ether oxygens (including phenoxy) is 2. The zero-order chi connectivity index (χ0) is 29.6. The average molecular weight is 579 g/mol. The number of nitrogens with zero attached hydrogens (tertiary/aromatic N) is 2. The van der Waals surface area contributed by atoms with Crippen LogP contribution in [0.3, 0.4) is 0 Å². The normalized spacial score (nSPS) is 12.6. The van der Waals surface area contributed by atoms with Gasteiger partial charge in [-0.05, 0) is 59.1 Å². The summed E-state index contributed by atoms with van der Waals surface area (Å²) in [6.07, 6.45) is 3.01. The van der Waals surface area contributed by atoms with Crippen LogP contribution in [-0.2, 0) is 30.5 Å². The van der Waals surface area contributed by atoms with Crippen LogP contribution in [0.2, 0.25) is 0 Å². The Morgan fingerprint density at radius 2 is 1.08 bits per heavy atom. The Morgan fingerprint density at radius 1 is 0.718 bits per heavy atom. The lowest BCUT2D eigenvalue weighted by Gasteiger charge is -2.22. The van der Waals surface area contributed by atoms with E-state index in [-0.39, 0.29) is 34.5 Å². The first kappa shape index (κ1) is 32.5. The molecular formula is C29H42N2O6S2. The van der Waals surface area contributed by atoms with Gasteiger partial charge in [-0.3, -0.25) is 0 Å². The lowest BCUT2D eigenvalue weighted by molar-refractivity contribution is 0.00377. The molecule has 0 spiro atoms. The second-order valence-corrected chi connectivity index (χ2v) is 15.5. The number of hydrogen-bond donors (Lipinski definition) is 0. The van der Waals surface area contributed by atoms with Gasteiger partial charge in [0.25, 0.3) is 19.7 Å². The molecule has 0 aromatic heterocycles. The van der Waals surface area contributed by atoms with Gasteiger partial charge >= 0.3 is 4.38 Å². The Morgan fingerprint density at radius 3 is 1.36 bits per heavy atom. The molecule has 0 aliphatic carbocycles. The van der Waals surface area contributed by atoms with Gasteiger partial charge in [0, 0.05) is 0 Å². The Balaban J connectivity index is 2.80. The van der Waals surface area contributed by atoms with Crippen molar-refractivity contribution in [2.45, 2.75) is 102 Å². The molecule has 0 unspecified atom stereocenters. The SMILES string of the molecule is CCCCOc1ccc(C(C)(C)C)cc1S(=O)(=O)C(=[N+]=[N-])S(=O)(=O)c1cc(C(C)(C)C)ccc1OCCCC. The fraction of sp³-hybridized carbons (Fsp3) is 0.552. The molecule has 2 aromatic rings. The highest BCUT2D eigenvalue weighted by molar-refractivity contribution is 8.31. The van der Waals surface area contributed by atoms with Crippen LogP contribution < -0.4 is 9.47 Å². The van der Waals surface area contributed by atoms with E-state index >= 15 is 0 Å². The topological polar surface area (TPSA) is 123 Å². The minimum Gasteiger partial charge on any atom is -0.492 e. The number of rotatable bonds is 10. The Kier molecular flexibility index (Phi) is 10.6. The van der Waals surface area contributed by atoms with Gasteiger partial charge in [0.1, 0.15) is 21.3 Å². The third kappa shape index (κ3) is 7.71. The van der Waals surface area contributed by atoms with Gasteiger partial charge in [-0.25, -0.2) is 16.8 Å². The second-order valence-electron chi connectivity index (χ2n) is 11.6. The predicted molar refractivity (Wildman–Crippen MR) is 154 cm³/mol. The van der Waals surface area contributed by atoms with E-state index in [2.05, 4.69) is 4.79 Å². The molecule has 0 atom stereocenters. The van der Waals surface area contributed by atoms with Gasteiger partial charge in [-0.2, -0.15) is 0 Å². The van der Waals surface area contributed by atoms with E-state index in [0.717, 1.165) is 12.8 Å². The average Bonchev–Trinajstić information content (AvgIpc) is 2.83. The highest BCUT2D eigenvalue weighted by atomic mass is 32.3. The van der Waals surface area contributed by atoms with Crippen LogP contribution in [0, 0.1) is 0 Å². The van der Waals surface area contributed by atoms with E-state index in [1.165, 1.54) is 24.3 Å². The molecular weight excluding hydrogens is 536 g/mol. The molecule has 0 aliphatic heterocycles. The highest BCUT2D eigenvalue weighted by Gasteiger charge is 2.47. The summed E-state index contributed by atoms with van der Waals surface area (Å²) in [4.78, 5) is 2.13. The number of sulfone groups is 2. The molecule has 0 saturated heterocycles. The zero-order valence-corrected chi connectivity index (χ0v) is 26.0. The molecule has 10 heteroatoms. The largest absolute Gasteiger partial charge is 0.504 e. The smallest absolute Gasteiger partial charge is 0.492 e. The minimum atomic E-state index is -4.87. The first-order valence-electron chi connectivity index (χ1n) is 13.3. The Labute approximate surface area is 234 Å². The van der Waals surface area contributed by atoms with E-state index < -0.39 is 34.9 Å². The molecule has 0 N–H and O–H groups in total. The third-order valence-corrected chi connectivity index (χ3v) is 10.4. The summed E-state index contributed by atoms with van der Waals surface area (Å²) in [7, 11) is -9.73. The van der Waals surface area contributed by atoms with Crippen LogP contribution >= 0.6 is 0 Å². The summed E-state index contributed by atoms with van der Waals surface area (Å²) in [6.45, 7) is 15.9. The van der Waals surface area contributed by atoms with Crippen LogP contribution in [0.15, 0.2) is 46.2 Å². The molecule has 216 valence electrons. The van der Waals surface area contributed by atoms with E-state index in [1.54, 1.807) is 12.1 Å². The summed E-state index contributed by atoms with van der Waals surface area (Å²) in [5.74, 6) is -0.00803. The van der Waals surface area contributed by atoms with Crippen molar-refractivity contribution in [3.8, 4) is 11.5 Å². The molecule has 2 aromatic carbocycles. The lowest BCUT2D eigenvalue weighted by atomic mass is 9.87. The number of benzene rings is 2. The van der Waals surface area contributed by atoms with E-state index in [1.807, 2.05) is 55.4 Å². The summed E-state index contributed by atoms with van der Waals surface area (Å²) >= 11 is 0. The maximum atomic E-state index is 14.0. The molecule has 0 aliphatic rings. The zero-order valence-electron chi connectivity index (χ0n) is 24.4. The summed E-state index contributed by atoms with van der Waals surface area (Å²) in [5, 5.41) is 0. The molecule has 0 amide bonds. The van der Waals surface area contributed by atoms with Gasteiger partial charge in [-0.1, -0.05) is 80.4 Å². The molecule has 0 radical (unpaired) electrons. The van der Waals surface area contributed by atoms with Crippen molar-refractivity contribution in [3.05, 3.63) is 53.1 Å². The molecule has 39 heavy (non-hydrogen) atoms. The predicted octanol–water partition coefficient (Wildman–Crippen LogP) is 6.47. The van der Waals surface area contributed by atoms with Crippen LogP contribution in [0.5, 0.6) is 11.5 Å². The maximum absolute atomic E-state index is 14.0. The monoisotopic (exact) mass is 578 g/mol. The number of hydrogen-bond acceptors (Lipinski definition) is 6. The summed E-state index contributed by atoms with van der Waals surface area (Å²) in [6, 6.07) is 9.31.